The molecule has 2 N–H and O–H groups in total. The maximum atomic E-state index is 12.3. The Morgan fingerprint density at radius 2 is 2.26 bits per heavy atom. The van der Waals surface area contributed by atoms with Gasteiger partial charge in [-0.2, -0.15) is 5.10 Å². The van der Waals surface area contributed by atoms with E-state index >= 15 is 0 Å². The first-order valence-electron chi connectivity index (χ1n) is 8.65. The van der Waals surface area contributed by atoms with E-state index in [2.05, 4.69) is 20.7 Å². The summed E-state index contributed by atoms with van der Waals surface area (Å²) in [6.07, 6.45) is 9.21. The molecule has 128 valence electrons. The Morgan fingerprint density at radius 3 is 2.91 bits per heavy atom. The van der Waals surface area contributed by atoms with Gasteiger partial charge in [0.25, 0.3) is 0 Å². The molecule has 0 bridgehead atoms. The smallest absolute Gasteiger partial charge is 0.315 e. The van der Waals surface area contributed by atoms with Gasteiger partial charge in [0.1, 0.15) is 12.7 Å². The molecule has 1 aromatic heterocycles. The number of nitrogens with one attached hydrogen (secondary N) is 2. The zero-order valence-electron chi connectivity index (χ0n) is 14.0. The van der Waals surface area contributed by atoms with Crippen LogP contribution in [0.3, 0.4) is 0 Å². The second-order valence-corrected chi connectivity index (χ2v) is 6.81. The second kappa shape index (κ2) is 6.86. The Kier molecular flexibility index (Phi) is 4.84. The summed E-state index contributed by atoms with van der Waals surface area (Å²) in [4.78, 5) is 16.2. The summed E-state index contributed by atoms with van der Waals surface area (Å²) >= 11 is 0. The molecular formula is C16H27N5O2. The average Bonchev–Trinajstić information content (AvgIpc) is 3.18. The van der Waals surface area contributed by atoms with E-state index in [-0.39, 0.29) is 23.5 Å². The zero-order chi connectivity index (χ0) is 16.3. The molecule has 2 aliphatic carbocycles. The number of hydrogen-bond donors (Lipinski definition) is 2. The summed E-state index contributed by atoms with van der Waals surface area (Å²) < 4.78 is 7.61. The maximum Gasteiger partial charge on any atom is 0.315 e. The SMILES string of the molecule is CCO[C@@H]1C[C@@H](NC(=O)N[C@@H](C)Cn2cncn2)C12CCCC2. The first-order chi connectivity index (χ1) is 11.1. The fraction of sp³-hybridized carbons (Fsp3) is 0.812. The zero-order valence-corrected chi connectivity index (χ0v) is 14.0. The van der Waals surface area contributed by atoms with E-state index in [9.17, 15) is 4.79 Å². The van der Waals surface area contributed by atoms with Crippen molar-refractivity contribution in [1.82, 2.24) is 25.4 Å². The van der Waals surface area contributed by atoms with Gasteiger partial charge in [0.15, 0.2) is 0 Å². The van der Waals surface area contributed by atoms with Crippen molar-refractivity contribution in [1.29, 1.82) is 0 Å². The lowest BCUT2D eigenvalue weighted by molar-refractivity contribution is -0.126. The van der Waals surface area contributed by atoms with Crippen molar-refractivity contribution in [3.63, 3.8) is 0 Å². The molecule has 7 heteroatoms. The van der Waals surface area contributed by atoms with E-state index < -0.39 is 0 Å². The van der Waals surface area contributed by atoms with Gasteiger partial charge < -0.3 is 15.4 Å². The van der Waals surface area contributed by atoms with Crippen molar-refractivity contribution in [2.45, 2.75) is 70.7 Å². The van der Waals surface area contributed by atoms with Gasteiger partial charge in [0, 0.05) is 24.1 Å². The molecule has 0 unspecified atom stereocenters. The minimum atomic E-state index is -0.0937. The van der Waals surface area contributed by atoms with Crippen LogP contribution < -0.4 is 10.6 Å². The fourth-order valence-electron chi connectivity index (χ4n) is 4.17. The highest BCUT2D eigenvalue weighted by Gasteiger charge is 2.57. The topological polar surface area (TPSA) is 81.1 Å². The molecule has 3 rings (SSSR count). The monoisotopic (exact) mass is 321 g/mol. The van der Waals surface area contributed by atoms with Crippen LogP contribution in [-0.2, 0) is 11.3 Å². The van der Waals surface area contributed by atoms with Crippen molar-refractivity contribution < 1.29 is 9.53 Å². The first kappa shape index (κ1) is 16.2. The number of ether oxygens (including phenoxy) is 1. The Bertz CT molecular complexity index is 513. The molecule has 2 amide bonds. The van der Waals surface area contributed by atoms with Crippen molar-refractivity contribution in [3.8, 4) is 0 Å². The Labute approximate surface area is 137 Å². The van der Waals surface area contributed by atoms with Crippen molar-refractivity contribution in [3.05, 3.63) is 12.7 Å². The Morgan fingerprint density at radius 1 is 1.48 bits per heavy atom. The molecule has 1 aromatic rings. The van der Waals surface area contributed by atoms with Gasteiger partial charge >= 0.3 is 6.03 Å². The fourth-order valence-corrected chi connectivity index (χ4v) is 4.17. The minimum absolute atomic E-state index is 0.000932. The number of urea groups is 1. The highest BCUT2D eigenvalue weighted by molar-refractivity contribution is 5.74. The van der Waals surface area contributed by atoms with Crippen LogP contribution >= 0.6 is 0 Å². The van der Waals surface area contributed by atoms with Gasteiger partial charge in [-0.25, -0.2) is 9.78 Å². The Hall–Kier alpha value is -1.63. The summed E-state index contributed by atoms with van der Waals surface area (Å²) in [7, 11) is 0. The quantitative estimate of drug-likeness (QED) is 0.836. The molecule has 23 heavy (non-hydrogen) atoms. The van der Waals surface area contributed by atoms with Gasteiger partial charge in [-0.1, -0.05) is 12.8 Å². The predicted octanol–water partition coefficient (Wildman–Crippen LogP) is 1.70. The van der Waals surface area contributed by atoms with Gasteiger partial charge in [-0.15, -0.1) is 0 Å². The highest BCUT2D eigenvalue weighted by atomic mass is 16.5. The van der Waals surface area contributed by atoms with Crippen molar-refractivity contribution >= 4 is 6.03 Å². The number of carbonyl (C=O) groups excluding carboxylic acids is 1. The molecule has 1 spiro atoms. The molecule has 2 aliphatic rings. The third-order valence-corrected chi connectivity index (χ3v) is 5.30. The second-order valence-electron chi connectivity index (χ2n) is 6.81. The normalized spacial score (nSPS) is 26.7. The lowest BCUT2D eigenvalue weighted by Gasteiger charge is -2.54. The molecule has 2 fully saturated rings. The van der Waals surface area contributed by atoms with Gasteiger partial charge in [-0.05, 0) is 33.1 Å². The van der Waals surface area contributed by atoms with Gasteiger partial charge in [-0.3, -0.25) is 4.68 Å². The van der Waals surface area contributed by atoms with Crippen molar-refractivity contribution in [2.24, 2.45) is 5.41 Å². The molecule has 0 saturated heterocycles. The van der Waals surface area contributed by atoms with Crippen LogP contribution in [0.25, 0.3) is 0 Å². The summed E-state index contributed by atoms with van der Waals surface area (Å²) in [6, 6.07) is 0.142. The van der Waals surface area contributed by atoms with Crippen LogP contribution in [0.4, 0.5) is 4.79 Å². The predicted molar refractivity (Wildman–Crippen MR) is 85.9 cm³/mol. The summed E-state index contributed by atoms with van der Waals surface area (Å²) in [5, 5.41) is 10.2. The highest BCUT2D eigenvalue weighted by Crippen LogP contribution is 2.54. The number of amides is 2. The summed E-state index contributed by atoms with van der Waals surface area (Å²) in [5.74, 6) is 0. The molecule has 7 nitrogen and oxygen atoms in total. The number of aromatic nitrogens is 3. The van der Waals surface area contributed by atoms with E-state index in [4.69, 9.17) is 4.74 Å². The molecule has 2 saturated carbocycles. The Balaban J connectivity index is 1.49. The van der Waals surface area contributed by atoms with Crippen LogP contribution in [0.15, 0.2) is 12.7 Å². The number of rotatable bonds is 6. The van der Waals surface area contributed by atoms with E-state index in [1.165, 1.54) is 19.2 Å². The van der Waals surface area contributed by atoms with Crippen LogP contribution in [0.2, 0.25) is 0 Å². The van der Waals surface area contributed by atoms with E-state index in [0.29, 0.717) is 12.6 Å². The van der Waals surface area contributed by atoms with Crippen LogP contribution in [-0.4, -0.2) is 45.6 Å². The first-order valence-corrected chi connectivity index (χ1v) is 8.65. The van der Waals surface area contributed by atoms with Gasteiger partial charge in [0.2, 0.25) is 0 Å². The number of hydrogen-bond acceptors (Lipinski definition) is 4. The summed E-state index contributed by atoms with van der Waals surface area (Å²) in [6.45, 7) is 5.38. The molecule has 0 aromatic carbocycles. The van der Waals surface area contributed by atoms with Crippen LogP contribution in [0, 0.1) is 5.41 Å². The van der Waals surface area contributed by atoms with E-state index in [1.54, 1.807) is 11.0 Å². The lowest BCUT2D eigenvalue weighted by Crippen LogP contribution is -2.65. The standard InChI is InChI=1S/C16H27N5O2/c1-3-23-14-8-13(16(14)6-4-5-7-16)20-15(22)19-12(2)9-21-11-17-10-18-21/h10-14H,3-9H2,1-2H3,(H2,19,20,22)/t12-,13+,14+/m0/s1. The molecule has 0 aliphatic heterocycles. The van der Waals surface area contributed by atoms with Crippen LogP contribution in [0.5, 0.6) is 0 Å². The van der Waals surface area contributed by atoms with E-state index in [0.717, 1.165) is 25.9 Å². The van der Waals surface area contributed by atoms with Crippen LogP contribution in [0.1, 0.15) is 46.0 Å². The lowest BCUT2D eigenvalue weighted by atomic mass is 9.60. The van der Waals surface area contributed by atoms with Crippen molar-refractivity contribution in [2.75, 3.05) is 6.61 Å². The number of nitrogens with zero attached hydrogens (tertiary/aromatic N) is 3. The average molecular weight is 321 g/mol. The minimum Gasteiger partial charge on any atom is -0.378 e. The summed E-state index contributed by atoms with van der Waals surface area (Å²) in [5.41, 5.74) is 0.169. The molecule has 0 radical (unpaired) electrons. The van der Waals surface area contributed by atoms with Gasteiger partial charge in [0.05, 0.1) is 12.6 Å². The maximum absolute atomic E-state index is 12.3. The largest absolute Gasteiger partial charge is 0.378 e. The molecular weight excluding hydrogens is 294 g/mol. The third kappa shape index (κ3) is 3.34. The third-order valence-electron chi connectivity index (χ3n) is 5.30. The molecule has 1 heterocycles. The molecule has 3 atom stereocenters. The number of carbonyl (C=O) groups is 1. The van der Waals surface area contributed by atoms with E-state index in [1.807, 2.05) is 13.8 Å².